The number of benzene rings is 1. The van der Waals surface area contributed by atoms with Gasteiger partial charge in [-0.1, -0.05) is 6.07 Å². The van der Waals surface area contributed by atoms with Crippen LogP contribution < -0.4 is 5.32 Å². The van der Waals surface area contributed by atoms with Crippen molar-refractivity contribution in [2.75, 3.05) is 5.32 Å². The van der Waals surface area contributed by atoms with E-state index in [-0.39, 0.29) is 11.4 Å². The zero-order valence-electron chi connectivity index (χ0n) is 13.3. The van der Waals surface area contributed by atoms with Crippen LogP contribution in [0.15, 0.2) is 24.3 Å². The highest BCUT2D eigenvalue weighted by molar-refractivity contribution is 5.95. The third-order valence-corrected chi connectivity index (χ3v) is 3.52. The van der Waals surface area contributed by atoms with E-state index in [0.717, 1.165) is 4.68 Å². The lowest BCUT2D eigenvalue weighted by Crippen LogP contribution is -2.25. The zero-order valence-corrected chi connectivity index (χ0v) is 13.3. The van der Waals surface area contributed by atoms with Crippen LogP contribution in [0.2, 0.25) is 0 Å². The number of nitro groups is 1. The van der Waals surface area contributed by atoms with Gasteiger partial charge in [-0.05, 0) is 38.5 Å². The van der Waals surface area contributed by atoms with Gasteiger partial charge < -0.3 is 5.32 Å². The van der Waals surface area contributed by atoms with Crippen molar-refractivity contribution >= 4 is 17.3 Å². The van der Waals surface area contributed by atoms with Crippen LogP contribution in [0, 0.1) is 24.0 Å². The molecule has 1 atom stereocenters. The van der Waals surface area contributed by atoms with Gasteiger partial charge in [-0.3, -0.25) is 19.6 Å². The lowest BCUT2D eigenvalue weighted by molar-refractivity contribution is -0.384. The highest BCUT2D eigenvalue weighted by Crippen LogP contribution is 2.27. The average Bonchev–Trinajstić information content (AvgIpc) is 2.90. The first-order chi connectivity index (χ1) is 11.2. The van der Waals surface area contributed by atoms with Gasteiger partial charge in [-0.15, -0.1) is 0 Å². The van der Waals surface area contributed by atoms with Crippen LogP contribution in [0.1, 0.15) is 36.3 Å². The van der Waals surface area contributed by atoms with Crippen molar-refractivity contribution in [1.82, 2.24) is 9.78 Å². The lowest BCUT2D eigenvalue weighted by Gasteiger charge is -2.14. The van der Waals surface area contributed by atoms with Crippen LogP contribution in [-0.2, 0) is 4.79 Å². The smallest absolute Gasteiger partial charge is 0.293 e. The summed E-state index contributed by atoms with van der Waals surface area (Å²) in [5.41, 5.74) is 0.458. The van der Waals surface area contributed by atoms with Gasteiger partial charge in [-0.2, -0.15) is 5.10 Å². The van der Waals surface area contributed by atoms with Crippen molar-refractivity contribution in [1.29, 1.82) is 0 Å². The minimum absolute atomic E-state index is 0.0429. The van der Waals surface area contributed by atoms with Crippen LogP contribution in [0.5, 0.6) is 0 Å². The van der Waals surface area contributed by atoms with Gasteiger partial charge in [0.1, 0.15) is 17.4 Å². The Hall–Kier alpha value is -2.84. The highest BCUT2D eigenvalue weighted by atomic mass is 19.3. The van der Waals surface area contributed by atoms with E-state index < -0.39 is 29.0 Å². The number of alkyl halides is 2. The Morgan fingerprint density at radius 2 is 2.00 bits per heavy atom. The van der Waals surface area contributed by atoms with Crippen molar-refractivity contribution in [2.24, 2.45) is 0 Å². The number of amides is 1. The summed E-state index contributed by atoms with van der Waals surface area (Å²) in [6, 6.07) is 4.69. The minimum Gasteiger partial charge on any atom is -0.319 e. The standard InChI is InChI=1S/C15H16F2N4O3/c1-8-4-5-11(13(6-8)21(23)24)18-15(22)10(3)20-9(2)7-12(19-20)14(16)17/h4-7,10,14H,1-3H3,(H,18,22). The Morgan fingerprint density at radius 1 is 1.33 bits per heavy atom. The van der Waals surface area contributed by atoms with Gasteiger partial charge in [0.2, 0.25) is 5.91 Å². The Labute approximate surface area is 136 Å². The second-order valence-corrected chi connectivity index (χ2v) is 5.40. The number of hydrogen-bond donors (Lipinski definition) is 1. The number of anilines is 1. The summed E-state index contributed by atoms with van der Waals surface area (Å²) in [5.74, 6) is -0.589. The molecule has 0 saturated carbocycles. The molecule has 128 valence electrons. The summed E-state index contributed by atoms with van der Waals surface area (Å²) in [7, 11) is 0. The molecule has 1 unspecified atom stereocenters. The fraction of sp³-hybridized carbons (Fsp3) is 0.333. The topological polar surface area (TPSA) is 90.1 Å². The molecular formula is C15H16F2N4O3. The second kappa shape index (κ2) is 6.73. The molecule has 0 radical (unpaired) electrons. The summed E-state index contributed by atoms with van der Waals surface area (Å²) in [6.07, 6.45) is -2.74. The van der Waals surface area contributed by atoms with E-state index in [2.05, 4.69) is 10.4 Å². The Balaban J connectivity index is 2.25. The van der Waals surface area contributed by atoms with E-state index in [1.165, 1.54) is 25.1 Å². The Morgan fingerprint density at radius 3 is 2.54 bits per heavy atom. The maximum Gasteiger partial charge on any atom is 0.293 e. The van der Waals surface area contributed by atoms with Crippen molar-refractivity contribution in [3.8, 4) is 0 Å². The summed E-state index contributed by atoms with van der Waals surface area (Å²) in [5, 5.41) is 17.3. The first-order valence-electron chi connectivity index (χ1n) is 7.10. The maximum atomic E-state index is 12.7. The molecule has 0 saturated heterocycles. The molecule has 9 heteroatoms. The first-order valence-corrected chi connectivity index (χ1v) is 7.10. The molecule has 1 aromatic carbocycles. The number of aryl methyl sites for hydroxylation is 2. The largest absolute Gasteiger partial charge is 0.319 e. The fourth-order valence-electron chi connectivity index (χ4n) is 2.26. The first kappa shape index (κ1) is 17.5. The van der Waals surface area contributed by atoms with Crippen molar-refractivity contribution in [2.45, 2.75) is 33.2 Å². The number of carbonyl (C=O) groups excluding carboxylic acids is 1. The van der Waals surface area contributed by atoms with E-state index in [4.69, 9.17) is 0 Å². The number of carbonyl (C=O) groups is 1. The summed E-state index contributed by atoms with van der Waals surface area (Å²) < 4.78 is 26.6. The molecule has 0 spiro atoms. The molecule has 1 aromatic heterocycles. The van der Waals surface area contributed by atoms with Crippen molar-refractivity contribution in [3.05, 3.63) is 51.3 Å². The molecule has 2 aromatic rings. The van der Waals surface area contributed by atoms with E-state index >= 15 is 0 Å². The number of hydrogen-bond acceptors (Lipinski definition) is 4. The molecule has 0 aliphatic heterocycles. The number of aromatic nitrogens is 2. The van der Waals surface area contributed by atoms with Crippen molar-refractivity contribution < 1.29 is 18.5 Å². The summed E-state index contributed by atoms with van der Waals surface area (Å²) in [6.45, 7) is 4.72. The van der Waals surface area contributed by atoms with Crippen LogP contribution in [-0.4, -0.2) is 20.6 Å². The van der Waals surface area contributed by atoms with Gasteiger partial charge >= 0.3 is 0 Å². The van der Waals surface area contributed by atoms with Crippen LogP contribution in [0.3, 0.4) is 0 Å². The predicted molar refractivity (Wildman–Crippen MR) is 83.1 cm³/mol. The number of halogens is 2. The van der Waals surface area contributed by atoms with E-state index in [1.54, 1.807) is 19.9 Å². The molecule has 7 nitrogen and oxygen atoms in total. The molecule has 1 amide bonds. The molecule has 0 aliphatic carbocycles. The van der Waals surface area contributed by atoms with E-state index in [9.17, 15) is 23.7 Å². The molecule has 1 N–H and O–H groups in total. The van der Waals surface area contributed by atoms with Crippen LogP contribution in [0.25, 0.3) is 0 Å². The number of rotatable bonds is 5. The molecule has 24 heavy (non-hydrogen) atoms. The number of nitrogens with zero attached hydrogens (tertiary/aromatic N) is 3. The molecule has 0 fully saturated rings. The van der Waals surface area contributed by atoms with Gasteiger partial charge in [0.15, 0.2) is 0 Å². The highest BCUT2D eigenvalue weighted by Gasteiger charge is 2.23. The summed E-state index contributed by atoms with van der Waals surface area (Å²) >= 11 is 0. The fourth-order valence-corrected chi connectivity index (χ4v) is 2.26. The molecule has 1 heterocycles. The maximum absolute atomic E-state index is 12.7. The number of nitrogens with one attached hydrogen (secondary N) is 1. The normalized spacial score (nSPS) is 12.2. The van der Waals surface area contributed by atoms with Crippen LogP contribution in [0.4, 0.5) is 20.2 Å². The van der Waals surface area contributed by atoms with Gasteiger partial charge in [-0.25, -0.2) is 8.78 Å². The van der Waals surface area contributed by atoms with Gasteiger partial charge in [0.05, 0.1) is 4.92 Å². The third-order valence-electron chi connectivity index (χ3n) is 3.52. The molecular weight excluding hydrogens is 322 g/mol. The van der Waals surface area contributed by atoms with Gasteiger partial charge in [0.25, 0.3) is 12.1 Å². The Bertz CT molecular complexity index is 789. The van der Waals surface area contributed by atoms with Crippen LogP contribution >= 0.6 is 0 Å². The molecule has 0 aliphatic rings. The average molecular weight is 338 g/mol. The zero-order chi connectivity index (χ0) is 18.0. The molecule has 2 rings (SSSR count). The van der Waals surface area contributed by atoms with Gasteiger partial charge in [0, 0.05) is 11.8 Å². The predicted octanol–water partition coefficient (Wildman–Crippen LogP) is 3.55. The number of nitro benzene ring substituents is 1. The SMILES string of the molecule is Cc1ccc(NC(=O)C(C)n2nc(C(F)F)cc2C)c([N+](=O)[O-])c1. The molecule has 0 bridgehead atoms. The Kier molecular flexibility index (Phi) is 4.91. The third kappa shape index (κ3) is 3.55. The van der Waals surface area contributed by atoms with E-state index in [1.807, 2.05) is 0 Å². The monoisotopic (exact) mass is 338 g/mol. The van der Waals surface area contributed by atoms with E-state index in [0.29, 0.717) is 11.3 Å². The minimum atomic E-state index is -2.74. The second-order valence-electron chi connectivity index (χ2n) is 5.40. The summed E-state index contributed by atoms with van der Waals surface area (Å²) in [4.78, 5) is 22.8. The quantitative estimate of drug-likeness (QED) is 0.667. The lowest BCUT2D eigenvalue weighted by atomic mass is 10.2. The van der Waals surface area contributed by atoms with Crippen molar-refractivity contribution in [3.63, 3.8) is 0 Å².